The van der Waals surface area contributed by atoms with Crippen molar-refractivity contribution in [1.29, 1.82) is 5.26 Å². The molecule has 2 aromatic rings. The summed E-state index contributed by atoms with van der Waals surface area (Å²) in [5, 5.41) is 12.7. The van der Waals surface area contributed by atoms with E-state index in [1.807, 2.05) is 6.07 Å². The Balaban J connectivity index is 2.46. The molecule has 0 saturated carbocycles. The quantitative estimate of drug-likeness (QED) is 0.836. The van der Waals surface area contributed by atoms with E-state index in [2.05, 4.69) is 5.10 Å². The second kappa shape index (κ2) is 4.76. The second-order valence-electron chi connectivity index (χ2n) is 4.05. The standard InChI is InChI=1S/C13H10F3N3/c1-9-10(5-6-17)8-18-19(9)12-4-2-3-11(7-12)13(14,15)16/h2-4,7-8H,5H2,1H3. The maximum Gasteiger partial charge on any atom is 0.416 e. The lowest BCUT2D eigenvalue weighted by Crippen LogP contribution is -2.07. The van der Waals surface area contributed by atoms with E-state index in [1.165, 1.54) is 16.9 Å². The van der Waals surface area contributed by atoms with Gasteiger partial charge in [0.05, 0.1) is 29.9 Å². The van der Waals surface area contributed by atoms with E-state index in [1.54, 1.807) is 13.0 Å². The average molecular weight is 265 g/mol. The van der Waals surface area contributed by atoms with Crippen LogP contribution in [0.4, 0.5) is 13.2 Å². The van der Waals surface area contributed by atoms with E-state index in [4.69, 9.17) is 5.26 Å². The molecular weight excluding hydrogens is 255 g/mol. The van der Waals surface area contributed by atoms with Crippen molar-refractivity contribution in [2.24, 2.45) is 0 Å². The number of alkyl halides is 3. The van der Waals surface area contributed by atoms with E-state index < -0.39 is 11.7 Å². The molecular formula is C13H10F3N3. The number of halogens is 3. The minimum absolute atomic E-state index is 0.185. The summed E-state index contributed by atoms with van der Waals surface area (Å²) in [7, 11) is 0. The number of hydrogen-bond acceptors (Lipinski definition) is 2. The van der Waals surface area contributed by atoms with Crippen LogP contribution in [-0.4, -0.2) is 9.78 Å². The number of benzene rings is 1. The Kier molecular flexibility index (Phi) is 3.30. The van der Waals surface area contributed by atoms with E-state index in [0.29, 0.717) is 16.9 Å². The Bertz CT molecular complexity index is 635. The lowest BCUT2D eigenvalue weighted by molar-refractivity contribution is -0.137. The topological polar surface area (TPSA) is 41.6 Å². The van der Waals surface area contributed by atoms with E-state index in [-0.39, 0.29) is 6.42 Å². The zero-order chi connectivity index (χ0) is 14.0. The molecule has 19 heavy (non-hydrogen) atoms. The molecule has 0 fully saturated rings. The number of hydrogen-bond donors (Lipinski definition) is 0. The maximum atomic E-state index is 12.6. The third-order valence-corrected chi connectivity index (χ3v) is 2.80. The van der Waals surface area contributed by atoms with Crippen LogP contribution in [0.25, 0.3) is 5.69 Å². The van der Waals surface area contributed by atoms with Gasteiger partial charge in [-0.3, -0.25) is 0 Å². The molecule has 0 N–H and O–H groups in total. The van der Waals surface area contributed by atoms with Gasteiger partial charge in [0.2, 0.25) is 0 Å². The predicted molar refractivity (Wildman–Crippen MR) is 62.6 cm³/mol. The first-order chi connectivity index (χ1) is 8.93. The van der Waals surface area contributed by atoms with Gasteiger partial charge in [-0.1, -0.05) is 6.07 Å². The average Bonchev–Trinajstić information content (AvgIpc) is 2.71. The first-order valence-electron chi connectivity index (χ1n) is 5.51. The zero-order valence-electron chi connectivity index (χ0n) is 10.1. The highest BCUT2D eigenvalue weighted by Crippen LogP contribution is 2.30. The molecule has 0 aliphatic heterocycles. The third kappa shape index (κ3) is 2.60. The Morgan fingerprint density at radius 1 is 1.37 bits per heavy atom. The first kappa shape index (κ1) is 13.1. The summed E-state index contributed by atoms with van der Waals surface area (Å²) in [6.45, 7) is 1.72. The van der Waals surface area contributed by atoms with Crippen molar-refractivity contribution in [1.82, 2.24) is 9.78 Å². The van der Waals surface area contributed by atoms with Crippen LogP contribution >= 0.6 is 0 Å². The molecule has 6 heteroatoms. The molecule has 1 aromatic carbocycles. The van der Waals surface area contributed by atoms with Crippen LogP contribution < -0.4 is 0 Å². The monoisotopic (exact) mass is 265 g/mol. The molecule has 98 valence electrons. The summed E-state index contributed by atoms with van der Waals surface area (Å²) >= 11 is 0. The third-order valence-electron chi connectivity index (χ3n) is 2.80. The molecule has 1 heterocycles. The van der Waals surface area contributed by atoms with Gasteiger partial charge in [0, 0.05) is 11.3 Å². The Morgan fingerprint density at radius 3 is 2.74 bits per heavy atom. The molecule has 0 bridgehead atoms. The van der Waals surface area contributed by atoms with Crippen LogP contribution in [0.2, 0.25) is 0 Å². The minimum atomic E-state index is -4.38. The van der Waals surface area contributed by atoms with Crippen molar-refractivity contribution in [2.75, 3.05) is 0 Å². The van der Waals surface area contributed by atoms with Crippen LogP contribution in [0, 0.1) is 18.3 Å². The van der Waals surface area contributed by atoms with Gasteiger partial charge < -0.3 is 0 Å². The summed E-state index contributed by atoms with van der Waals surface area (Å²) in [4.78, 5) is 0. The van der Waals surface area contributed by atoms with Crippen LogP contribution in [0.15, 0.2) is 30.5 Å². The van der Waals surface area contributed by atoms with E-state index in [9.17, 15) is 13.2 Å². The molecule has 1 aromatic heterocycles. The second-order valence-corrected chi connectivity index (χ2v) is 4.05. The molecule has 2 rings (SSSR count). The number of rotatable bonds is 2. The summed E-state index contributed by atoms with van der Waals surface area (Å²) in [6, 6.07) is 6.93. The number of aromatic nitrogens is 2. The molecule has 0 amide bonds. The fourth-order valence-corrected chi connectivity index (χ4v) is 1.78. The van der Waals surface area contributed by atoms with Gasteiger partial charge >= 0.3 is 6.18 Å². The Hall–Kier alpha value is -2.29. The van der Waals surface area contributed by atoms with Crippen molar-refractivity contribution in [2.45, 2.75) is 19.5 Å². The zero-order valence-corrected chi connectivity index (χ0v) is 10.1. The molecule has 0 spiro atoms. The van der Waals surface area contributed by atoms with Crippen LogP contribution in [0.5, 0.6) is 0 Å². The maximum absolute atomic E-state index is 12.6. The largest absolute Gasteiger partial charge is 0.416 e. The predicted octanol–water partition coefficient (Wildman–Crippen LogP) is 3.27. The number of nitriles is 1. The normalized spacial score (nSPS) is 11.3. The Labute approximate surface area is 107 Å². The number of nitrogens with zero attached hydrogens (tertiary/aromatic N) is 3. The van der Waals surface area contributed by atoms with Gasteiger partial charge in [0.1, 0.15) is 0 Å². The van der Waals surface area contributed by atoms with Crippen molar-refractivity contribution in [3.8, 4) is 11.8 Å². The van der Waals surface area contributed by atoms with Gasteiger partial charge in [-0.15, -0.1) is 0 Å². The summed E-state index contributed by atoms with van der Waals surface area (Å²) < 4.78 is 39.3. The highest BCUT2D eigenvalue weighted by molar-refractivity contribution is 5.39. The van der Waals surface area contributed by atoms with E-state index >= 15 is 0 Å². The van der Waals surface area contributed by atoms with Crippen molar-refractivity contribution in [3.05, 3.63) is 47.3 Å². The SMILES string of the molecule is Cc1c(CC#N)cnn1-c1cccc(C(F)(F)F)c1. The van der Waals surface area contributed by atoms with Gasteiger partial charge in [-0.25, -0.2) is 4.68 Å². The van der Waals surface area contributed by atoms with Crippen LogP contribution in [0.3, 0.4) is 0 Å². The molecule has 0 saturated heterocycles. The van der Waals surface area contributed by atoms with Gasteiger partial charge in [-0.2, -0.15) is 23.5 Å². The van der Waals surface area contributed by atoms with Gasteiger partial charge in [-0.05, 0) is 25.1 Å². The highest BCUT2D eigenvalue weighted by atomic mass is 19.4. The van der Waals surface area contributed by atoms with Crippen LogP contribution in [-0.2, 0) is 12.6 Å². The summed E-state index contributed by atoms with van der Waals surface area (Å²) in [6.07, 6.45) is -2.70. The smallest absolute Gasteiger partial charge is 0.238 e. The van der Waals surface area contributed by atoms with Gasteiger partial charge in [0.25, 0.3) is 0 Å². The summed E-state index contributed by atoms with van der Waals surface area (Å²) in [5.41, 5.74) is 0.985. The molecule has 3 nitrogen and oxygen atoms in total. The first-order valence-corrected chi connectivity index (χ1v) is 5.51. The fourth-order valence-electron chi connectivity index (χ4n) is 1.78. The van der Waals surface area contributed by atoms with Crippen molar-refractivity contribution >= 4 is 0 Å². The van der Waals surface area contributed by atoms with Gasteiger partial charge in [0.15, 0.2) is 0 Å². The lowest BCUT2D eigenvalue weighted by Gasteiger charge is -2.10. The molecule has 0 aliphatic rings. The fraction of sp³-hybridized carbons (Fsp3) is 0.231. The lowest BCUT2D eigenvalue weighted by atomic mass is 10.2. The van der Waals surface area contributed by atoms with E-state index in [0.717, 1.165) is 12.1 Å². The molecule has 0 unspecified atom stereocenters. The Morgan fingerprint density at radius 2 is 2.11 bits per heavy atom. The van der Waals surface area contributed by atoms with Crippen LogP contribution in [0.1, 0.15) is 16.8 Å². The van der Waals surface area contributed by atoms with Crippen molar-refractivity contribution in [3.63, 3.8) is 0 Å². The highest BCUT2D eigenvalue weighted by Gasteiger charge is 2.30. The summed E-state index contributed by atoms with van der Waals surface area (Å²) in [5.74, 6) is 0. The molecule has 0 radical (unpaired) electrons. The molecule has 0 aliphatic carbocycles. The van der Waals surface area contributed by atoms with Crippen molar-refractivity contribution < 1.29 is 13.2 Å². The molecule has 0 atom stereocenters. The minimum Gasteiger partial charge on any atom is -0.238 e.